The molecule has 0 aromatic rings. The van der Waals surface area contributed by atoms with Gasteiger partial charge in [-0.05, 0) is 6.42 Å². The second-order valence-electron chi connectivity index (χ2n) is 3.77. The zero-order chi connectivity index (χ0) is 12.6. The number of carboxylic acid groups (broad SMARTS) is 1. The molecule has 0 aliphatic rings. The number of hydrogen-bond donors (Lipinski definition) is 1. The van der Waals surface area contributed by atoms with Crippen LogP contribution in [0.15, 0.2) is 0 Å². The molecular formula is C11H21NO4. The van der Waals surface area contributed by atoms with Gasteiger partial charge < -0.3 is 14.7 Å². The van der Waals surface area contributed by atoms with E-state index in [0.717, 1.165) is 6.42 Å². The summed E-state index contributed by atoms with van der Waals surface area (Å²) in [6, 6.07) is 0. The van der Waals surface area contributed by atoms with E-state index in [4.69, 9.17) is 9.84 Å². The summed E-state index contributed by atoms with van der Waals surface area (Å²) in [5, 5.41) is 8.60. The van der Waals surface area contributed by atoms with Gasteiger partial charge in [-0.25, -0.2) is 0 Å². The molecule has 0 bridgehead atoms. The Balaban J connectivity index is 4.28. The predicted octanol–water partition coefficient (Wildman–Crippen LogP) is 0.982. The number of carbonyl (C=O) groups excluding carboxylic acids is 1. The van der Waals surface area contributed by atoms with Crippen molar-refractivity contribution in [2.24, 2.45) is 5.92 Å². The van der Waals surface area contributed by atoms with Crippen molar-refractivity contribution in [2.45, 2.75) is 26.7 Å². The second-order valence-corrected chi connectivity index (χ2v) is 3.77. The minimum atomic E-state index is -0.889. The molecule has 1 N–H and O–H groups in total. The highest BCUT2D eigenvalue weighted by atomic mass is 16.5. The van der Waals surface area contributed by atoms with Gasteiger partial charge in [0.2, 0.25) is 5.91 Å². The van der Waals surface area contributed by atoms with Gasteiger partial charge >= 0.3 is 5.97 Å². The van der Waals surface area contributed by atoms with Crippen LogP contribution in [0.1, 0.15) is 26.7 Å². The molecule has 1 atom stereocenters. The number of rotatable bonds is 8. The molecule has 0 saturated carbocycles. The number of amides is 1. The first-order valence-electron chi connectivity index (χ1n) is 5.52. The van der Waals surface area contributed by atoms with Gasteiger partial charge in [-0.3, -0.25) is 9.59 Å². The van der Waals surface area contributed by atoms with E-state index in [1.807, 2.05) is 13.8 Å². The van der Waals surface area contributed by atoms with Gasteiger partial charge in [-0.15, -0.1) is 0 Å². The summed E-state index contributed by atoms with van der Waals surface area (Å²) >= 11 is 0. The Morgan fingerprint density at radius 1 is 1.38 bits per heavy atom. The van der Waals surface area contributed by atoms with Crippen LogP contribution in [-0.2, 0) is 14.3 Å². The Morgan fingerprint density at radius 3 is 2.44 bits per heavy atom. The molecule has 0 spiro atoms. The van der Waals surface area contributed by atoms with Gasteiger partial charge in [-0.1, -0.05) is 13.8 Å². The third kappa shape index (κ3) is 5.70. The quantitative estimate of drug-likeness (QED) is 0.676. The number of carbonyl (C=O) groups is 2. The van der Waals surface area contributed by atoms with E-state index < -0.39 is 5.97 Å². The predicted molar refractivity (Wildman–Crippen MR) is 60.2 cm³/mol. The molecule has 0 fully saturated rings. The monoisotopic (exact) mass is 231 g/mol. The molecule has 0 heterocycles. The van der Waals surface area contributed by atoms with Gasteiger partial charge in [0.1, 0.15) is 0 Å². The fourth-order valence-electron chi connectivity index (χ4n) is 1.25. The summed E-state index contributed by atoms with van der Waals surface area (Å²) in [7, 11) is 1.56. The third-order valence-corrected chi connectivity index (χ3v) is 2.51. The van der Waals surface area contributed by atoms with Crippen LogP contribution in [0.25, 0.3) is 0 Å². The molecule has 0 rings (SSSR count). The summed E-state index contributed by atoms with van der Waals surface area (Å²) in [4.78, 5) is 23.9. The van der Waals surface area contributed by atoms with Crippen molar-refractivity contribution in [1.29, 1.82) is 0 Å². The summed E-state index contributed by atoms with van der Waals surface area (Å²) in [5.74, 6) is -0.953. The first-order valence-corrected chi connectivity index (χ1v) is 5.52. The van der Waals surface area contributed by atoms with Gasteiger partial charge in [0.25, 0.3) is 0 Å². The van der Waals surface area contributed by atoms with E-state index in [1.165, 1.54) is 0 Å². The third-order valence-electron chi connectivity index (χ3n) is 2.51. The summed E-state index contributed by atoms with van der Waals surface area (Å²) in [6.07, 6.45) is 0.737. The molecule has 0 radical (unpaired) electrons. The number of ether oxygens (including phenoxy) is 1. The fourth-order valence-corrected chi connectivity index (χ4v) is 1.25. The molecule has 16 heavy (non-hydrogen) atoms. The van der Waals surface area contributed by atoms with E-state index >= 15 is 0 Å². The van der Waals surface area contributed by atoms with Crippen LogP contribution >= 0.6 is 0 Å². The lowest BCUT2D eigenvalue weighted by molar-refractivity contribution is -0.140. The first kappa shape index (κ1) is 14.9. The Bertz CT molecular complexity index is 230. The average Bonchev–Trinajstić information content (AvgIpc) is 2.27. The maximum Gasteiger partial charge on any atom is 0.305 e. The SMILES string of the molecule is CCC(C)C(=O)N(CCOC)CCC(=O)O. The molecule has 0 saturated heterocycles. The van der Waals surface area contributed by atoms with Crippen LogP contribution in [0.5, 0.6) is 0 Å². The highest BCUT2D eigenvalue weighted by Gasteiger charge is 2.19. The lowest BCUT2D eigenvalue weighted by Gasteiger charge is -2.24. The van der Waals surface area contributed by atoms with Gasteiger partial charge in [-0.2, -0.15) is 0 Å². The van der Waals surface area contributed by atoms with Crippen molar-refractivity contribution in [1.82, 2.24) is 4.90 Å². The number of hydrogen-bond acceptors (Lipinski definition) is 3. The van der Waals surface area contributed by atoms with Gasteiger partial charge in [0.15, 0.2) is 0 Å². The number of nitrogens with zero attached hydrogens (tertiary/aromatic N) is 1. The first-order chi connectivity index (χ1) is 7.52. The molecule has 0 aliphatic carbocycles. The van der Waals surface area contributed by atoms with E-state index in [1.54, 1.807) is 12.0 Å². The van der Waals surface area contributed by atoms with E-state index in [-0.39, 0.29) is 24.8 Å². The van der Waals surface area contributed by atoms with Crippen molar-refractivity contribution in [3.05, 3.63) is 0 Å². The summed E-state index contributed by atoms with van der Waals surface area (Å²) < 4.78 is 4.90. The molecule has 5 heteroatoms. The number of aliphatic carboxylic acids is 1. The normalized spacial score (nSPS) is 12.2. The molecule has 5 nitrogen and oxygen atoms in total. The van der Waals surface area contributed by atoms with Crippen LogP contribution in [0.3, 0.4) is 0 Å². The van der Waals surface area contributed by atoms with Crippen molar-refractivity contribution < 1.29 is 19.4 Å². The minimum absolute atomic E-state index is 0.000741. The van der Waals surface area contributed by atoms with Crippen LogP contribution in [0.4, 0.5) is 0 Å². The lowest BCUT2D eigenvalue weighted by Crippen LogP contribution is -2.38. The Hall–Kier alpha value is -1.10. The zero-order valence-electron chi connectivity index (χ0n) is 10.2. The molecule has 0 aromatic heterocycles. The maximum absolute atomic E-state index is 11.9. The topological polar surface area (TPSA) is 66.8 Å². The van der Waals surface area contributed by atoms with Crippen LogP contribution in [0.2, 0.25) is 0 Å². The Labute approximate surface area is 96.4 Å². The largest absolute Gasteiger partial charge is 0.481 e. The summed E-state index contributed by atoms with van der Waals surface area (Å²) in [6.45, 7) is 4.92. The minimum Gasteiger partial charge on any atom is -0.481 e. The molecule has 1 unspecified atom stereocenters. The van der Waals surface area contributed by atoms with E-state index in [2.05, 4.69) is 0 Å². The smallest absolute Gasteiger partial charge is 0.305 e. The highest BCUT2D eigenvalue weighted by molar-refractivity contribution is 5.79. The van der Waals surface area contributed by atoms with E-state index in [0.29, 0.717) is 13.2 Å². The van der Waals surface area contributed by atoms with Crippen LogP contribution in [0, 0.1) is 5.92 Å². The van der Waals surface area contributed by atoms with Crippen LogP contribution in [-0.4, -0.2) is 48.7 Å². The van der Waals surface area contributed by atoms with Crippen molar-refractivity contribution in [2.75, 3.05) is 26.8 Å². The summed E-state index contributed by atoms with van der Waals surface area (Å²) in [5.41, 5.74) is 0. The molecule has 0 aromatic carbocycles. The van der Waals surface area contributed by atoms with E-state index in [9.17, 15) is 9.59 Å². The zero-order valence-corrected chi connectivity index (χ0v) is 10.2. The maximum atomic E-state index is 11.9. The standard InChI is InChI=1S/C11H21NO4/c1-4-9(2)11(15)12(7-8-16-3)6-5-10(13)14/h9H,4-8H2,1-3H3,(H,13,14). The molecular weight excluding hydrogens is 210 g/mol. The Morgan fingerprint density at radius 2 is 2.00 bits per heavy atom. The van der Waals surface area contributed by atoms with Crippen molar-refractivity contribution in [3.8, 4) is 0 Å². The van der Waals surface area contributed by atoms with Gasteiger partial charge in [0, 0.05) is 26.1 Å². The van der Waals surface area contributed by atoms with Crippen molar-refractivity contribution in [3.63, 3.8) is 0 Å². The van der Waals surface area contributed by atoms with Crippen molar-refractivity contribution >= 4 is 11.9 Å². The molecule has 1 amide bonds. The second kappa shape index (κ2) is 8.10. The lowest BCUT2D eigenvalue weighted by atomic mass is 10.1. The Kier molecular flexibility index (Phi) is 7.54. The number of carboxylic acids is 1. The number of methoxy groups -OCH3 is 1. The highest BCUT2D eigenvalue weighted by Crippen LogP contribution is 2.07. The van der Waals surface area contributed by atoms with Crippen LogP contribution < -0.4 is 0 Å². The molecule has 94 valence electrons. The average molecular weight is 231 g/mol. The van der Waals surface area contributed by atoms with Gasteiger partial charge in [0.05, 0.1) is 13.0 Å². The fraction of sp³-hybridized carbons (Fsp3) is 0.818. The molecule has 0 aliphatic heterocycles.